The monoisotopic (exact) mass is 292 g/mol. The lowest BCUT2D eigenvalue weighted by molar-refractivity contribution is -0.122. The Hall–Kier alpha value is -1.59. The minimum absolute atomic E-state index is 0.119. The van der Waals surface area contributed by atoms with Gasteiger partial charge in [-0.2, -0.15) is 0 Å². The maximum Gasteiger partial charge on any atom is 0.237 e. The van der Waals surface area contributed by atoms with Crippen molar-refractivity contribution in [2.45, 2.75) is 31.7 Å². The van der Waals surface area contributed by atoms with Gasteiger partial charge in [-0.1, -0.05) is 12.1 Å². The molecule has 0 saturated heterocycles. The number of nitrogens with one attached hydrogen (secondary N) is 1. The lowest BCUT2D eigenvalue weighted by Crippen LogP contribution is -2.44. The highest BCUT2D eigenvalue weighted by atomic mass is 16.5. The van der Waals surface area contributed by atoms with E-state index in [0.717, 1.165) is 31.4 Å². The summed E-state index contributed by atoms with van der Waals surface area (Å²) in [6, 6.07) is 6.20. The van der Waals surface area contributed by atoms with Crippen LogP contribution in [0.1, 0.15) is 24.8 Å². The molecule has 0 aromatic heterocycles. The van der Waals surface area contributed by atoms with Gasteiger partial charge in [0.15, 0.2) is 0 Å². The third kappa shape index (κ3) is 4.72. The Morgan fingerprint density at radius 3 is 2.67 bits per heavy atom. The zero-order valence-corrected chi connectivity index (χ0v) is 12.5. The van der Waals surface area contributed by atoms with E-state index in [4.69, 9.17) is 10.5 Å². The van der Waals surface area contributed by atoms with Crippen LogP contribution in [0, 0.1) is 5.41 Å². The van der Waals surface area contributed by atoms with Crippen molar-refractivity contribution in [1.29, 1.82) is 0 Å². The molecular formula is C16H24N2O3. The van der Waals surface area contributed by atoms with Crippen LogP contribution in [0.2, 0.25) is 0 Å². The number of hydrogen-bond acceptors (Lipinski definition) is 4. The first kappa shape index (κ1) is 15.8. The van der Waals surface area contributed by atoms with Crippen LogP contribution in [0.25, 0.3) is 0 Å². The summed E-state index contributed by atoms with van der Waals surface area (Å²) in [6.07, 6.45) is 3.74. The molecule has 0 bridgehead atoms. The second kappa shape index (κ2) is 6.91. The Kier molecular flexibility index (Phi) is 5.20. The fourth-order valence-electron chi connectivity index (χ4n) is 2.39. The molecule has 0 aliphatic heterocycles. The van der Waals surface area contributed by atoms with E-state index in [1.165, 1.54) is 0 Å². The number of benzene rings is 1. The molecule has 1 aliphatic rings. The van der Waals surface area contributed by atoms with Crippen LogP contribution in [-0.4, -0.2) is 37.3 Å². The number of carbonyl (C=O) groups is 1. The average Bonchev–Trinajstić information content (AvgIpc) is 3.25. The van der Waals surface area contributed by atoms with E-state index < -0.39 is 6.04 Å². The van der Waals surface area contributed by atoms with Crippen LogP contribution < -0.4 is 11.1 Å². The molecule has 1 atom stereocenters. The minimum Gasteiger partial charge on any atom is -0.508 e. The molecule has 1 amide bonds. The van der Waals surface area contributed by atoms with Crippen molar-refractivity contribution in [3.63, 3.8) is 0 Å². The summed E-state index contributed by atoms with van der Waals surface area (Å²) in [5.74, 6) is 0.0948. The fraction of sp³-hybridized carbons (Fsp3) is 0.562. The molecule has 5 nitrogen and oxygen atoms in total. The summed E-state index contributed by atoms with van der Waals surface area (Å²) in [4.78, 5) is 12.0. The number of hydrogen-bond donors (Lipinski definition) is 3. The molecule has 4 N–H and O–H groups in total. The number of ether oxygens (including phenoxy) is 1. The summed E-state index contributed by atoms with van der Waals surface area (Å²) >= 11 is 0. The Labute approximate surface area is 125 Å². The number of phenols is 1. The second-order valence-electron chi connectivity index (χ2n) is 5.94. The number of methoxy groups -OCH3 is 1. The molecular weight excluding hydrogens is 268 g/mol. The number of nitrogens with two attached hydrogens (primary N) is 1. The van der Waals surface area contributed by atoms with Crippen molar-refractivity contribution in [2.75, 3.05) is 20.3 Å². The summed E-state index contributed by atoms with van der Waals surface area (Å²) < 4.78 is 5.10. The van der Waals surface area contributed by atoms with Gasteiger partial charge in [-0.25, -0.2) is 0 Å². The first-order valence-corrected chi connectivity index (χ1v) is 7.35. The van der Waals surface area contributed by atoms with Crippen LogP contribution in [0.4, 0.5) is 0 Å². The summed E-state index contributed by atoms with van der Waals surface area (Å²) in [7, 11) is 1.70. The van der Waals surface area contributed by atoms with Crippen molar-refractivity contribution in [3.8, 4) is 5.75 Å². The van der Waals surface area contributed by atoms with Gasteiger partial charge in [0, 0.05) is 20.3 Å². The van der Waals surface area contributed by atoms with E-state index in [0.29, 0.717) is 13.0 Å². The Morgan fingerprint density at radius 2 is 2.10 bits per heavy atom. The molecule has 2 rings (SSSR count). The topological polar surface area (TPSA) is 84.6 Å². The average molecular weight is 292 g/mol. The number of rotatable bonds is 8. The fourth-order valence-corrected chi connectivity index (χ4v) is 2.39. The zero-order chi connectivity index (χ0) is 15.3. The van der Waals surface area contributed by atoms with Gasteiger partial charge in [-0.15, -0.1) is 0 Å². The predicted octanol–water partition coefficient (Wildman–Crippen LogP) is 1.19. The van der Waals surface area contributed by atoms with Crippen LogP contribution in [0.15, 0.2) is 24.3 Å². The van der Waals surface area contributed by atoms with Gasteiger partial charge in [-0.3, -0.25) is 4.79 Å². The first-order valence-electron chi connectivity index (χ1n) is 7.35. The lowest BCUT2D eigenvalue weighted by atomic mass is 10.0. The maximum absolute atomic E-state index is 12.0. The molecule has 5 heteroatoms. The van der Waals surface area contributed by atoms with E-state index >= 15 is 0 Å². The van der Waals surface area contributed by atoms with Crippen LogP contribution >= 0.6 is 0 Å². The van der Waals surface area contributed by atoms with Gasteiger partial charge in [-0.05, 0) is 48.8 Å². The van der Waals surface area contributed by atoms with Crippen LogP contribution in [-0.2, 0) is 16.0 Å². The number of amides is 1. The first-order chi connectivity index (χ1) is 10.0. The predicted molar refractivity (Wildman–Crippen MR) is 81.0 cm³/mol. The highest BCUT2D eigenvalue weighted by Crippen LogP contribution is 2.48. The molecule has 1 fully saturated rings. The highest BCUT2D eigenvalue weighted by molar-refractivity contribution is 5.81. The SMILES string of the molecule is COCCC1(CNC(=O)[C@H](N)Cc2ccc(O)cc2)CC1. The van der Waals surface area contributed by atoms with Gasteiger partial charge < -0.3 is 20.9 Å². The summed E-state index contributed by atoms with van der Waals surface area (Å²) in [5, 5.41) is 12.2. The largest absolute Gasteiger partial charge is 0.508 e. The Morgan fingerprint density at radius 1 is 1.43 bits per heavy atom. The Bertz CT molecular complexity index is 469. The van der Waals surface area contributed by atoms with E-state index in [1.807, 2.05) is 0 Å². The van der Waals surface area contributed by atoms with Gasteiger partial charge in [0.05, 0.1) is 6.04 Å². The second-order valence-corrected chi connectivity index (χ2v) is 5.94. The minimum atomic E-state index is -0.562. The quantitative estimate of drug-likeness (QED) is 0.672. The molecule has 21 heavy (non-hydrogen) atoms. The summed E-state index contributed by atoms with van der Waals surface area (Å²) in [6.45, 7) is 1.41. The van der Waals surface area contributed by atoms with Crippen LogP contribution in [0.3, 0.4) is 0 Å². The summed E-state index contributed by atoms with van der Waals surface area (Å²) in [5.41, 5.74) is 7.10. The molecule has 1 saturated carbocycles. The highest BCUT2D eigenvalue weighted by Gasteiger charge is 2.42. The number of aromatic hydroxyl groups is 1. The lowest BCUT2D eigenvalue weighted by Gasteiger charge is -2.18. The van der Waals surface area contributed by atoms with Crippen molar-refractivity contribution >= 4 is 5.91 Å². The third-order valence-corrected chi connectivity index (χ3v) is 4.16. The molecule has 1 aliphatic carbocycles. The Balaban J connectivity index is 1.76. The van der Waals surface area contributed by atoms with Gasteiger partial charge in [0.25, 0.3) is 0 Å². The smallest absolute Gasteiger partial charge is 0.237 e. The van der Waals surface area contributed by atoms with Crippen molar-refractivity contribution in [3.05, 3.63) is 29.8 Å². The van der Waals surface area contributed by atoms with Crippen LogP contribution in [0.5, 0.6) is 5.75 Å². The van der Waals surface area contributed by atoms with Crippen molar-refractivity contribution in [2.24, 2.45) is 11.1 Å². The normalized spacial score (nSPS) is 17.2. The number of phenolic OH excluding ortho intramolecular Hbond substituents is 1. The van der Waals surface area contributed by atoms with E-state index in [1.54, 1.807) is 31.4 Å². The number of carbonyl (C=O) groups excluding carboxylic acids is 1. The molecule has 1 aromatic rings. The third-order valence-electron chi connectivity index (χ3n) is 4.16. The van der Waals surface area contributed by atoms with E-state index in [9.17, 15) is 9.90 Å². The standard InChI is InChI=1S/C16H24N2O3/c1-21-9-8-16(6-7-16)11-18-15(20)14(17)10-12-2-4-13(19)5-3-12/h2-5,14,19H,6-11,17H2,1H3,(H,18,20)/t14-/m1/s1. The molecule has 116 valence electrons. The molecule has 0 radical (unpaired) electrons. The van der Waals surface area contributed by atoms with E-state index in [-0.39, 0.29) is 17.1 Å². The maximum atomic E-state index is 12.0. The molecule has 0 heterocycles. The van der Waals surface area contributed by atoms with Crippen molar-refractivity contribution < 1.29 is 14.6 Å². The van der Waals surface area contributed by atoms with E-state index in [2.05, 4.69) is 5.32 Å². The van der Waals surface area contributed by atoms with Gasteiger partial charge in [0.1, 0.15) is 5.75 Å². The van der Waals surface area contributed by atoms with Crippen molar-refractivity contribution in [1.82, 2.24) is 5.32 Å². The van der Waals surface area contributed by atoms with Gasteiger partial charge in [0.2, 0.25) is 5.91 Å². The zero-order valence-electron chi connectivity index (χ0n) is 12.5. The molecule has 0 spiro atoms. The van der Waals surface area contributed by atoms with Gasteiger partial charge >= 0.3 is 0 Å². The molecule has 1 aromatic carbocycles. The molecule has 0 unspecified atom stereocenters.